The predicted molar refractivity (Wildman–Crippen MR) is 112 cm³/mol. The van der Waals surface area contributed by atoms with Crippen LogP contribution in [-0.2, 0) is 16.2 Å². The number of oxime groups is 1. The summed E-state index contributed by atoms with van der Waals surface area (Å²) >= 11 is 3.42. The Balaban J connectivity index is 1.48. The van der Waals surface area contributed by atoms with E-state index < -0.39 is 5.97 Å². The smallest absolute Gasteiger partial charge is 0.368 e. The van der Waals surface area contributed by atoms with Crippen molar-refractivity contribution in [2.75, 3.05) is 0 Å². The molecule has 138 valence electrons. The molecule has 0 spiro atoms. The van der Waals surface area contributed by atoms with Crippen LogP contribution in [0.15, 0.2) is 94.1 Å². The summed E-state index contributed by atoms with van der Waals surface area (Å²) in [5.74, 6) is 0.311. The van der Waals surface area contributed by atoms with Gasteiger partial charge >= 0.3 is 5.97 Å². The zero-order chi connectivity index (χ0) is 19.3. The van der Waals surface area contributed by atoms with E-state index in [1.807, 2.05) is 78.9 Å². The Bertz CT molecular complexity index is 1040. The number of ether oxygens (including phenoxy) is 1. The van der Waals surface area contributed by atoms with E-state index in [2.05, 4.69) is 21.1 Å². The molecule has 0 aliphatic carbocycles. The molecule has 5 heteroatoms. The molecule has 0 saturated carbocycles. The zero-order valence-electron chi connectivity index (χ0n) is 14.8. The van der Waals surface area contributed by atoms with Gasteiger partial charge in [-0.3, -0.25) is 0 Å². The van der Waals surface area contributed by atoms with Crippen molar-refractivity contribution in [2.24, 2.45) is 5.16 Å². The molecule has 1 heterocycles. The van der Waals surface area contributed by atoms with Crippen molar-refractivity contribution in [1.82, 2.24) is 0 Å². The third kappa shape index (κ3) is 4.21. The fraction of sp³-hybridized carbons (Fsp3) is 0.0435. The average molecular weight is 434 g/mol. The Morgan fingerprint density at radius 3 is 2.36 bits per heavy atom. The summed E-state index contributed by atoms with van der Waals surface area (Å²) in [6.07, 6.45) is 1.78. The highest BCUT2D eigenvalue weighted by Crippen LogP contribution is 2.22. The molecule has 28 heavy (non-hydrogen) atoms. The summed E-state index contributed by atoms with van der Waals surface area (Å²) in [5, 5.41) is 3.92. The van der Waals surface area contributed by atoms with Crippen molar-refractivity contribution in [3.05, 3.63) is 106 Å². The molecule has 0 radical (unpaired) electrons. The molecule has 1 aliphatic rings. The van der Waals surface area contributed by atoms with Crippen molar-refractivity contribution < 1.29 is 14.4 Å². The number of benzene rings is 3. The monoisotopic (exact) mass is 433 g/mol. The molecule has 0 unspecified atom stereocenters. The minimum atomic E-state index is -0.450. The molecule has 4 rings (SSSR count). The van der Waals surface area contributed by atoms with Crippen LogP contribution < -0.4 is 4.74 Å². The lowest BCUT2D eigenvalue weighted by Gasteiger charge is -2.07. The Kier molecular flexibility index (Phi) is 5.35. The summed E-state index contributed by atoms with van der Waals surface area (Å²) in [7, 11) is 0. The largest absolute Gasteiger partial charge is 0.489 e. The third-order valence-corrected chi connectivity index (χ3v) is 4.78. The van der Waals surface area contributed by atoms with Crippen LogP contribution >= 0.6 is 15.9 Å². The van der Waals surface area contributed by atoms with Gasteiger partial charge in [0.2, 0.25) is 0 Å². The van der Waals surface area contributed by atoms with Crippen LogP contribution in [-0.4, -0.2) is 11.7 Å². The summed E-state index contributed by atoms with van der Waals surface area (Å²) < 4.78 is 6.86. The van der Waals surface area contributed by atoms with Gasteiger partial charge in [0.1, 0.15) is 18.1 Å². The Morgan fingerprint density at radius 1 is 0.929 bits per heavy atom. The van der Waals surface area contributed by atoms with Crippen LogP contribution in [0, 0.1) is 0 Å². The molecule has 3 aromatic rings. The first-order valence-corrected chi connectivity index (χ1v) is 9.52. The van der Waals surface area contributed by atoms with Crippen molar-refractivity contribution >= 4 is 33.7 Å². The van der Waals surface area contributed by atoms with E-state index in [-0.39, 0.29) is 0 Å². The molecule has 0 bridgehead atoms. The molecule has 0 aromatic heterocycles. The van der Waals surface area contributed by atoms with Gasteiger partial charge in [-0.25, -0.2) is 4.79 Å². The van der Waals surface area contributed by atoms with Crippen LogP contribution in [0.4, 0.5) is 0 Å². The number of hydrogen-bond donors (Lipinski definition) is 0. The first-order valence-electron chi connectivity index (χ1n) is 8.73. The second-order valence-electron chi connectivity index (χ2n) is 6.23. The Labute approximate surface area is 171 Å². The fourth-order valence-electron chi connectivity index (χ4n) is 2.79. The van der Waals surface area contributed by atoms with Gasteiger partial charge in [-0.2, -0.15) is 0 Å². The number of carbonyl (C=O) groups is 1. The van der Waals surface area contributed by atoms with Gasteiger partial charge in [-0.1, -0.05) is 75.7 Å². The van der Waals surface area contributed by atoms with Crippen LogP contribution in [0.25, 0.3) is 6.08 Å². The lowest BCUT2D eigenvalue weighted by Crippen LogP contribution is -2.06. The maximum Gasteiger partial charge on any atom is 0.368 e. The quantitative estimate of drug-likeness (QED) is 0.401. The maximum absolute atomic E-state index is 12.1. The zero-order valence-corrected chi connectivity index (χ0v) is 16.4. The number of carbonyl (C=O) groups excluding carboxylic acids is 1. The summed E-state index contributed by atoms with van der Waals surface area (Å²) in [6, 6.07) is 25.1. The Hall–Kier alpha value is -3.18. The molecule has 0 N–H and O–H groups in total. The van der Waals surface area contributed by atoms with Gasteiger partial charge < -0.3 is 9.57 Å². The van der Waals surface area contributed by atoms with E-state index in [0.29, 0.717) is 17.9 Å². The standard InChI is InChI=1S/C23H16BrNO3/c24-19-10-6-17(7-11-19)15-27-20-12-8-16(9-13-20)14-21-22(25-28-23(21)26)18-4-2-1-3-5-18/h1-14H,15H2/b21-14+. The average Bonchev–Trinajstić information content (AvgIpc) is 3.09. The first kappa shape index (κ1) is 18.2. The van der Waals surface area contributed by atoms with Crippen LogP contribution in [0.3, 0.4) is 0 Å². The second-order valence-corrected chi connectivity index (χ2v) is 7.14. The van der Waals surface area contributed by atoms with Gasteiger partial charge in [0.15, 0.2) is 0 Å². The number of nitrogens with zero attached hydrogens (tertiary/aromatic N) is 1. The highest BCUT2D eigenvalue weighted by Gasteiger charge is 2.26. The van der Waals surface area contributed by atoms with Crippen molar-refractivity contribution in [3.8, 4) is 5.75 Å². The van der Waals surface area contributed by atoms with Crippen molar-refractivity contribution in [1.29, 1.82) is 0 Å². The van der Waals surface area contributed by atoms with Gasteiger partial charge in [-0.15, -0.1) is 0 Å². The topological polar surface area (TPSA) is 47.9 Å². The molecule has 0 fully saturated rings. The number of hydrogen-bond acceptors (Lipinski definition) is 4. The normalized spacial score (nSPS) is 14.7. The lowest BCUT2D eigenvalue weighted by atomic mass is 10.0. The molecule has 3 aromatic carbocycles. The van der Waals surface area contributed by atoms with E-state index in [1.54, 1.807) is 6.08 Å². The van der Waals surface area contributed by atoms with Crippen molar-refractivity contribution in [2.45, 2.75) is 6.61 Å². The second kappa shape index (κ2) is 8.23. The lowest BCUT2D eigenvalue weighted by molar-refractivity contribution is -0.136. The first-order chi connectivity index (χ1) is 13.7. The molecule has 0 atom stereocenters. The van der Waals surface area contributed by atoms with Crippen LogP contribution in [0.5, 0.6) is 5.75 Å². The van der Waals surface area contributed by atoms with E-state index in [4.69, 9.17) is 9.57 Å². The van der Waals surface area contributed by atoms with Gasteiger partial charge in [0.25, 0.3) is 0 Å². The molecule has 0 amide bonds. The van der Waals surface area contributed by atoms with Crippen LogP contribution in [0.2, 0.25) is 0 Å². The molecular weight excluding hydrogens is 418 g/mol. The molecule has 1 aliphatic heterocycles. The fourth-order valence-corrected chi connectivity index (χ4v) is 3.05. The summed E-state index contributed by atoms with van der Waals surface area (Å²) in [5.41, 5.74) is 3.78. The third-order valence-electron chi connectivity index (χ3n) is 4.25. The number of rotatable bonds is 5. The van der Waals surface area contributed by atoms with Gasteiger partial charge in [0.05, 0.1) is 5.57 Å². The van der Waals surface area contributed by atoms with E-state index in [0.717, 1.165) is 26.9 Å². The van der Waals surface area contributed by atoms with Crippen molar-refractivity contribution in [3.63, 3.8) is 0 Å². The molecule has 4 nitrogen and oxygen atoms in total. The minimum absolute atomic E-state index is 0.440. The summed E-state index contributed by atoms with van der Waals surface area (Å²) in [4.78, 5) is 17.0. The van der Waals surface area contributed by atoms with E-state index in [1.165, 1.54) is 0 Å². The van der Waals surface area contributed by atoms with Gasteiger partial charge in [0, 0.05) is 10.0 Å². The molecular formula is C23H16BrNO3. The molecule has 0 saturated heterocycles. The highest BCUT2D eigenvalue weighted by atomic mass is 79.9. The minimum Gasteiger partial charge on any atom is -0.489 e. The number of halogens is 1. The Morgan fingerprint density at radius 2 is 1.64 bits per heavy atom. The van der Waals surface area contributed by atoms with Gasteiger partial charge in [-0.05, 0) is 41.5 Å². The van der Waals surface area contributed by atoms with E-state index >= 15 is 0 Å². The summed E-state index contributed by atoms with van der Waals surface area (Å²) in [6.45, 7) is 0.491. The maximum atomic E-state index is 12.1. The van der Waals surface area contributed by atoms with E-state index in [9.17, 15) is 4.79 Å². The highest BCUT2D eigenvalue weighted by molar-refractivity contribution is 9.10. The van der Waals surface area contributed by atoms with Crippen LogP contribution in [0.1, 0.15) is 16.7 Å². The SMILES string of the molecule is O=C1ON=C(c2ccccc2)/C1=C\c1ccc(OCc2ccc(Br)cc2)cc1. The predicted octanol–water partition coefficient (Wildman–Crippen LogP) is 5.37.